The van der Waals surface area contributed by atoms with Gasteiger partial charge in [-0.25, -0.2) is 0 Å². The Labute approximate surface area is 102 Å². The molecule has 1 atom stereocenters. The fraction of sp³-hybridized carbons (Fsp3) is 0.200. The van der Waals surface area contributed by atoms with Crippen molar-refractivity contribution in [2.45, 2.75) is 24.0 Å². The monoisotopic (exact) mass is 228 g/mol. The van der Waals surface area contributed by atoms with Crippen LogP contribution in [-0.4, -0.2) is 0 Å². The summed E-state index contributed by atoms with van der Waals surface area (Å²) in [6, 6.07) is 19.4. The van der Waals surface area contributed by atoms with Gasteiger partial charge in [0.1, 0.15) is 0 Å². The summed E-state index contributed by atoms with van der Waals surface area (Å²) in [6.07, 6.45) is 0. The molecular weight excluding hydrogens is 212 g/mol. The van der Waals surface area contributed by atoms with Gasteiger partial charge in [-0.3, -0.25) is 0 Å². The van der Waals surface area contributed by atoms with Crippen LogP contribution < -0.4 is 0 Å². The maximum atomic E-state index is 2.25. The third kappa shape index (κ3) is 2.89. The maximum absolute atomic E-state index is 2.25. The Morgan fingerprint density at radius 3 is 2.12 bits per heavy atom. The summed E-state index contributed by atoms with van der Waals surface area (Å²) in [5, 5.41) is 0.504. The van der Waals surface area contributed by atoms with Crippen LogP contribution in [0.4, 0.5) is 0 Å². The molecule has 0 aromatic heterocycles. The summed E-state index contributed by atoms with van der Waals surface area (Å²) < 4.78 is 0. The lowest BCUT2D eigenvalue weighted by Gasteiger charge is -2.11. The predicted octanol–water partition coefficient (Wildman–Crippen LogP) is 4.85. The second-order valence-electron chi connectivity index (χ2n) is 3.98. The molecule has 0 N–H and O–H groups in total. The van der Waals surface area contributed by atoms with Gasteiger partial charge in [-0.1, -0.05) is 48.0 Å². The van der Waals surface area contributed by atoms with Gasteiger partial charge in [0.15, 0.2) is 0 Å². The molecule has 0 spiro atoms. The van der Waals surface area contributed by atoms with E-state index in [1.807, 2.05) is 11.8 Å². The summed E-state index contributed by atoms with van der Waals surface area (Å²) in [6.45, 7) is 4.37. The van der Waals surface area contributed by atoms with Crippen LogP contribution in [0.25, 0.3) is 0 Å². The van der Waals surface area contributed by atoms with E-state index in [0.717, 1.165) is 0 Å². The molecule has 0 radical (unpaired) electrons. The Hall–Kier alpha value is -1.21. The van der Waals surface area contributed by atoms with Crippen LogP contribution in [0.5, 0.6) is 0 Å². The molecule has 82 valence electrons. The van der Waals surface area contributed by atoms with E-state index in [1.54, 1.807) is 0 Å². The second-order valence-corrected chi connectivity index (χ2v) is 5.40. The third-order valence-electron chi connectivity index (χ3n) is 2.60. The van der Waals surface area contributed by atoms with Gasteiger partial charge in [0, 0.05) is 10.1 Å². The minimum absolute atomic E-state index is 0.504. The molecule has 0 fully saturated rings. The first-order valence-electron chi connectivity index (χ1n) is 5.54. The number of aryl methyl sites for hydroxylation is 1. The molecule has 0 bridgehead atoms. The normalized spacial score (nSPS) is 12.4. The van der Waals surface area contributed by atoms with E-state index < -0.39 is 0 Å². The number of rotatable bonds is 3. The maximum Gasteiger partial charge on any atom is 0.0316 e. The Morgan fingerprint density at radius 2 is 1.50 bits per heavy atom. The molecule has 0 unspecified atom stereocenters. The van der Waals surface area contributed by atoms with E-state index in [0.29, 0.717) is 5.25 Å². The highest BCUT2D eigenvalue weighted by molar-refractivity contribution is 7.99. The van der Waals surface area contributed by atoms with Crippen molar-refractivity contribution in [3.05, 3.63) is 65.7 Å². The van der Waals surface area contributed by atoms with Crippen molar-refractivity contribution < 1.29 is 0 Å². The molecular formula is C15H16S. The molecule has 0 amide bonds. The van der Waals surface area contributed by atoms with Crippen molar-refractivity contribution in [1.29, 1.82) is 0 Å². The first-order chi connectivity index (χ1) is 7.75. The van der Waals surface area contributed by atoms with Crippen molar-refractivity contribution in [2.24, 2.45) is 0 Å². The molecule has 0 aliphatic rings. The zero-order chi connectivity index (χ0) is 11.4. The first-order valence-corrected chi connectivity index (χ1v) is 6.42. The minimum Gasteiger partial charge on any atom is -0.118 e. The van der Waals surface area contributed by atoms with Crippen LogP contribution in [0.3, 0.4) is 0 Å². The molecule has 2 rings (SSSR count). The summed E-state index contributed by atoms with van der Waals surface area (Å²) >= 11 is 1.91. The van der Waals surface area contributed by atoms with E-state index in [2.05, 4.69) is 68.4 Å². The molecule has 0 heterocycles. The Morgan fingerprint density at radius 1 is 0.875 bits per heavy atom. The van der Waals surface area contributed by atoms with Gasteiger partial charge < -0.3 is 0 Å². The molecule has 0 aliphatic heterocycles. The van der Waals surface area contributed by atoms with E-state index in [-0.39, 0.29) is 0 Å². The molecule has 1 heteroatoms. The van der Waals surface area contributed by atoms with Crippen LogP contribution in [0.1, 0.15) is 23.3 Å². The minimum atomic E-state index is 0.504. The summed E-state index contributed by atoms with van der Waals surface area (Å²) in [5.74, 6) is 0. The SMILES string of the molecule is Cc1ccc(S[C@@H](C)c2ccccc2)cc1. The molecule has 0 aliphatic carbocycles. The van der Waals surface area contributed by atoms with Gasteiger partial charge in [-0.05, 0) is 31.5 Å². The lowest BCUT2D eigenvalue weighted by molar-refractivity contribution is 1.09. The molecule has 0 saturated carbocycles. The first kappa shape index (κ1) is 11.3. The zero-order valence-electron chi connectivity index (χ0n) is 9.68. The molecule has 2 aromatic carbocycles. The van der Waals surface area contributed by atoms with E-state index in [4.69, 9.17) is 0 Å². The fourth-order valence-electron chi connectivity index (χ4n) is 1.61. The topological polar surface area (TPSA) is 0 Å². The van der Waals surface area contributed by atoms with E-state index in [1.165, 1.54) is 16.0 Å². The number of hydrogen-bond donors (Lipinski definition) is 0. The van der Waals surface area contributed by atoms with Crippen LogP contribution in [0.15, 0.2) is 59.5 Å². The molecule has 2 aromatic rings. The van der Waals surface area contributed by atoms with Crippen LogP contribution >= 0.6 is 11.8 Å². The van der Waals surface area contributed by atoms with E-state index >= 15 is 0 Å². The van der Waals surface area contributed by atoms with Crippen molar-refractivity contribution in [3.8, 4) is 0 Å². The summed E-state index contributed by atoms with van der Waals surface area (Å²) in [5.41, 5.74) is 2.70. The van der Waals surface area contributed by atoms with Crippen LogP contribution in [0, 0.1) is 6.92 Å². The van der Waals surface area contributed by atoms with Crippen molar-refractivity contribution in [3.63, 3.8) is 0 Å². The summed E-state index contributed by atoms with van der Waals surface area (Å²) in [4.78, 5) is 1.34. The zero-order valence-corrected chi connectivity index (χ0v) is 10.5. The number of benzene rings is 2. The van der Waals surface area contributed by atoms with Crippen LogP contribution in [-0.2, 0) is 0 Å². The summed E-state index contributed by atoms with van der Waals surface area (Å²) in [7, 11) is 0. The number of hydrogen-bond acceptors (Lipinski definition) is 1. The Kier molecular flexibility index (Phi) is 3.68. The average molecular weight is 228 g/mol. The molecule has 0 nitrogen and oxygen atoms in total. The highest BCUT2D eigenvalue weighted by atomic mass is 32.2. The van der Waals surface area contributed by atoms with Gasteiger partial charge in [0.25, 0.3) is 0 Å². The van der Waals surface area contributed by atoms with Crippen molar-refractivity contribution in [2.75, 3.05) is 0 Å². The average Bonchev–Trinajstić information content (AvgIpc) is 2.33. The van der Waals surface area contributed by atoms with Gasteiger partial charge in [0.2, 0.25) is 0 Å². The third-order valence-corrected chi connectivity index (χ3v) is 3.77. The van der Waals surface area contributed by atoms with E-state index in [9.17, 15) is 0 Å². The quantitative estimate of drug-likeness (QED) is 0.677. The lowest BCUT2D eigenvalue weighted by Crippen LogP contribution is -1.87. The van der Waals surface area contributed by atoms with Crippen LogP contribution in [0.2, 0.25) is 0 Å². The standard InChI is InChI=1S/C15H16S/c1-12-8-10-15(11-9-12)16-13(2)14-6-4-3-5-7-14/h3-11,13H,1-2H3/t13-/m0/s1. The van der Waals surface area contributed by atoms with Crippen molar-refractivity contribution >= 4 is 11.8 Å². The Balaban J connectivity index is 2.08. The smallest absolute Gasteiger partial charge is 0.0316 e. The lowest BCUT2D eigenvalue weighted by atomic mass is 10.2. The van der Waals surface area contributed by atoms with Gasteiger partial charge in [-0.2, -0.15) is 0 Å². The van der Waals surface area contributed by atoms with Gasteiger partial charge >= 0.3 is 0 Å². The predicted molar refractivity (Wildman–Crippen MR) is 71.9 cm³/mol. The highest BCUT2D eigenvalue weighted by Gasteiger charge is 2.06. The highest BCUT2D eigenvalue weighted by Crippen LogP contribution is 2.34. The second kappa shape index (κ2) is 5.22. The van der Waals surface area contributed by atoms with Gasteiger partial charge in [-0.15, -0.1) is 11.8 Å². The number of thioether (sulfide) groups is 1. The largest absolute Gasteiger partial charge is 0.118 e. The Bertz CT molecular complexity index is 431. The van der Waals surface area contributed by atoms with Gasteiger partial charge in [0.05, 0.1) is 0 Å². The fourth-order valence-corrected chi connectivity index (χ4v) is 2.61. The molecule has 16 heavy (non-hydrogen) atoms. The van der Waals surface area contributed by atoms with Crippen molar-refractivity contribution in [1.82, 2.24) is 0 Å². The molecule has 0 saturated heterocycles.